The summed E-state index contributed by atoms with van der Waals surface area (Å²) in [7, 11) is 0. The molecule has 0 bridgehead atoms. The molecule has 82 valence electrons. The molecule has 1 rings (SSSR count). The van der Waals surface area contributed by atoms with E-state index in [0.29, 0.717) is 19.0 Å². The van der Waals surface area contributed by atoms with Crippen LogP contribution in [0.1, 0.15) is 26.7 Å². The average Bonchev–Trinajstić information content (AvgIpc) is 2.19. The maximum absolute atomic E-state index is 8.98. The van der Waals surface area contributed by atoms with E-state index in [4.69, 9.17) is 15.3 Å². The summed E-state index contributed by atoms with van der Waals surface area (Å²) in [6.45, 7) is 5.43. The molecule has 4 nitrogen and oxygen atoms in total. The van der Waals surface area contributed by atoms with Crippen LogP contribution in [0.25, 0.3) is 0 Å². The van der Waals surface area contributed by atoms with Crippen LogP contribution >= 0.6 is 0 Å². The average molecular weight is 200 g/mol. The predicted octanol–water partition coefficient (Wildman–Crippen LogP) is 0.845. The number of hydrogen-bond donors (Lipinski definition) is 2. The van der Waals surface area contributed by atoms with Crippen LogP contribution in [0.3, 0.4) is 0 Å². The van der Waals surface area contributed by atoms with E-state index in [1.54, 1.807) is 0 Å². The Balaban J connectivity index is 2.51. The molecule has 1 heterocycles. The maximum atomic E-state index is 8.98. The Labute approximate surface area is 85.4 Å². The Hall–Kier alpha value is -0.610. The van der Waals surface area contributed by atoms with Crippen LogP contribution < -0.4 is 0 Å². The molecule has 1 fully saturated rings. The monoisotopic (exact) mass is 200 g/mol. The third kappa shape index (κ3) is 2.69. The van der Waals surface area contributed by atoms with E-state index in [9.17, 15) is 0 Å². The zero-order valence-electron chi connectivity index (χ0n) is 8.99. The minimum Gasteiger partial charge on any atom is -0.394 e. The molecule has 0 spiro atoms. The van der Waals surface area contributed by atoms with E-state index in [1.165, 1.54) is 0 Å². The number of morpholine rings is 1. The lowest BCUT2D eigenvalue weighted by molar-refractivity contribution is -0.0567. The van der Waals surface area contributed by atoms with E-state index in [1.807, 2.05) is 4.90 Å². The number of rotatable bonds is 3. The van der Waals surface area contributed by atoms with Gasteiger partial charge in [-0.2, -0.15) is 0 Å². The van der Waals surface area contributed by atoms with Gasteiger partial charge in [0.1, 0.15) is 0 Å². The minimum absolute atomic E-state index is 0.0443. The van der Waals surface area contributed by atoms with Crippen LogP contribution in [0.15, 0.2) is 0 Å². The molecule has 0 radical (unpaired) electrons. The summed E-state index contributed by atoms with van der Waals surface area (Å²) in [4.78, 5) is 2.04. The summed E-state index contributed by atoms with van der Waals surface area (Å²) in [5, 5.41) is 16.9. The van der Waals surface area contributed by atoms with E-state index < -0.39 is 0 Å². The lowest BCUT2D eigenvalue weighted by Gasteiger charge is -2.39. The van der Waals surface area contributed by atoms with E-state index >= 15 is 0 Å². The number of nitrogens with one attached hydrogen (secondary N) is 1. The van der Waals surface area contributed by atoms with Crippen molar-refractivity contribution in [3.05, 3.63) is 0 Å². The van der Waals surface area contributed by atoms with Crippen LogP contribution in [0.4, 0.5) is 0 Å². The third-order valence-electron chi connectivity index (χ3n) is 2.54. The van der Waals surface area contributed by atoms with Crippen molar-refractivity contribution >= 4 is 5.84 Å². The standard InChI is InChI=1S/C10H20N2O2/c1-3-4-10(11)12-5-9(6-13)14-7-8(12)2/h8-9,11,13H,3-7H2,1-2H3. The van der Waals surface area contributed by atoms with Crippen LogP contribution in [-0.4, -0.2) is 47.7 Å². The van der Waals surface area contributed by atoms with Gasteiger partial charge in [0.25, 0.3) is 0 Å². The lowest BCUT2D eigenvalue weighted by Crippen LogP contribution is -2.51. The van der Waals surface area contributed by atoms with Crippen LogP contribution in [0.5, 0.6) is 0 Å². The summed E-state index contributed by atoms with van der Waals surface area (Å²) < 4.78 is 5.41. The molecule has 4 heteroatoms. The minimum atomic E-state index is -0.122. The summed E-state index contributed by atoms with van der Waals surface area (Å²) in [6, 6.07) is 0.261. The Kier molecular flexibility index (Phi) is 4.35. The van der Waals surface area contributed by atoms with Crippen molar-refractivity contribution in [3.8, 4) is 0 Å². The number of aliphatic hydroxyl groups excluding tert-OH is 1. The molecule has 0 aromatic rings. The molecule has 2 atom stereocenters. The van der Waals surface area contributed by atoms with Crippen LogP contribution in [0, 0.1) is 5.41 Å². The molecule has 1 aliphatic rings. The first-order valence-corrected chi connectivity index (χ1v) is 5.25. The summed E-state index contributed by atoms with van der Waals surface area (Å²) in [5.41, 5.74) is 0. The van der Waals surface area contributed by atoms with Gasteiger partial charge in [0.2, 0.25) is 0 Å². The molecule has 0 amide bonds. The van der Waals surface area contributed by atoms with Crippen molar-refractivity contribution < 1.29 is 9.84 Å². The highest BCUT2D eigenvalue weighted by Gasteiger charge is 2.26. The number of amidine groups is 1. The second kappa shape index (κ2) is 5.32. The van der Waals surface area contributed by atoms with Gasteiger partial charge in [-0.25, -0.2) is 0 Å². The van der Waals surface area contributed by atoms with Gasteiger partial charge in [0.05, 0.1) is 31.2 Å². The van der Waals surface area contributed by atoms with Gasteiger partial charge in [-0.05, 0) is 13.3 Å². The van der Waals surface area contributed by atoms with Crippen molar-refractivity contribution in [2.45, 2.75) is 38.8 Å². The van der Waals surface area contributed by atoms with Crippen molar-refractivity contribution in [1.29, 1.82) is 5.41 Å². The molecule has 2 unspecified atom stereocenters. The molecule has 1 aliphatic heterocycles. The Morgan fingerprint density at radius 1 is 1.64 bits per heavy atom. The van der Waals surface area contributed by atoms with Gasteiger partial charge < -0.3 is 14.7 Å². The van der Waals surface area contributed by atoms with Crippen molar-refractivity contribution in [1.82, 2.24) is 4.90 Å². The van der Waals surface area contributed by atoms with Crippen LogP contribution in [0.2, 0.25) is 0 Å². The normalized spacial score (nSPS) is 27.8. The summed E-state index contributed by atoms with van der Waals surface area (Å²) >= 11 is 0. The topological polar surface area (TPSA) is 56.6 Å². The van der Waals surface area contributed by atoms with Gasteiger partial charge in [-0.1, -0.05) is 6.92 Å². The van der Waals surface area contributed by atoms with Gasteiger partial charge >= 0.3 is 0 Å². The van der Waals surface area contributed by atoms with Crippen molar-refractivity contribution in [2.75, 3.05) is 19.8 Å². The lowest BCUT2D eigenvalue weighted by atomic mass is 10.1. The molecule has 2 N–H and O–H groups in total. The fourth-order valence-electron chi connectivity index (χ4n) is 1.68. The van der Waals surface area contributed by atoms with Gasteiger partial charge in [-0.15, -0.1) is 0 Å². The zero-order valence-corrected chi connectivity index (χ0v) is 8.99. The molecular formula is C10H20N2O2. The van der Waals surface area contributed by atoms with Gasteiger partial charge in [0.15, 0.2) is 0 Å². The molecule has 0 aromatic carbocycles. The Morgan fingerprint density at radius 3 is 2.93 bits per heavy atom. The second-order valence-corrected chi connectivity index (χ2v) is 3.84. The Bertz CT molecular complexity index is 197. The van der Waals surface area contributed by atoms with E-state index in [0.717, 1.165) is 12.8 Å². The second-order valence-electron chi connectivity index (χ2n) is 3.84. The first kappa shape index (κ1) is 11.5. The largest absolute Gasteiger partial charge is 0.394 e. The molecule has 1 saturated heterocycles. The number of nitrogens with zero attached hydrogens (tertiary/aromatic N) is 1. The SMILES string of the molecule is CCCC(=N)N1CC(CO)OCC1C. The molecule has 14 heavy (non-hydrogen) atoms. The number of hydrogen-bond acceptors (Lipinski definition) is 3. The highest BCUT2D eigenvalue weighted by atomic mass is 16.5. The van der Waals surface area contributed by atoms with Crippen molar-refractivity contribution in [3.63, 3.8) is 0 Å². The predicted molar refractivity (Wildman–Crippen MR) is 55.6 cm³/mol. The molecule has 0 saturated carbocycles. The smallest absolute Gasteiger partial charge is 0.0981 e. The quantitative estimate of drug-likeness (QED) is 0.524. The first-order valence-electron chi connectivity index (χ1n) is 5.25. The zero-order chi connectivity index (χ0) is 10.6. The first-order chi connectivity index (χ1) is 6.69. The Morgan fingerprint density at radius 2 is 2.36 bits per heavy atom. The molecule has 0 aliphatic carbocycles. The van der Waals surface area contributed by atoms with E-state index in [2.05, 4.69) is 13.8 Å². The highest BCUT2D eigenvalue weighted by molar-refractivity contribution is 5.79. The summed E-state index contributed by atoms with van der Waals surface area (Å²) in [6.07, 6.45) is 1.68. The van der Waals surface area contributed by atoms with Gasteiger partial charge in [0, 0.05) is 13.0 Å². The fraction of sp³-hybridized carbons (Fsp3) is 0.900. The van der Waals surface area contributed by atoms with E-state index in [-0.39, 0.29) is 18.8 Å². The third-order valence-corrected chi connectivity index (χ3v) is 2.54. The highest BCUT2D eigenvalue weighted by Crippen LogP contribution is 2.13. The summed E-state index contributed by atoms with van der Waals surface area (Å²) in [5.74, 6) is 0.668. The fourth-order valence-corrected chi connectivity index (χ4v) is 1.68. The van der Waals surface area contributed by atoms with Crippen LogP contribution in [-0.2, 0) is 4.74 Å². The van der Waals surface area contributed by atoms with Gasteiger partial charge in [-0.3, -0.25) is 5.41 Å². The molecule has 0 aromatic heterocycles. The molecular weight excluding hydrogens is 180 g/mol. The maximum Gasteiger partial charge on any atom is 0.0981 e. The van der Waals surface area contributed by atoms with Crippen molar-refractivity contribution in [2.24, 2.45) is 0 Å². The number of ether oxygens (including phenoxy) is 1. The number of aliphatic hydroxyl groups is 1.